The Hall–Kier alpha value is -3.15. The lowest BCUT2D eigenvalue weighted by Gasteiger charge is -2.17. The summed E-state index contributed by atoms with van der Waals surface area (Å²) in [6.07, 6.45) is 4.96. The number of hydrogen-bond donors (Lipinski definition) is 2. The van der Waals surface area contributed by atoms with E-state index in [0.717, 1.165) is 18.4 Å². The van der Waals surface area contributed by atoms with Crippen molar-refractivity contribution in [2.45, 2.75) is 45.6 Å². The first-order chi connectivity index (χ1) is 13.7. The van der Waals surface area contributed by atoms with Crippen LogP contribution in [0.2, 0.25) is 0 Å². The van der Waals surface area contributed by atoms with Crippen LogP contribution in [0.1, 0.15) is 36.5 Å². The normalized spacial score (nSPS) is 13.2. The van der Waals surface area contributed by atoms with E-state index < -0.39 is 0 Å². The summed E-state index contributed by atoms with van der Waals surface area (Å²) in [4.78, 5) is 29.5. The average molecular weight is 376 g/mol. The molecule has 0 aliphatic heterocycles. The van der Waals surface area contributed by atoms with Crippen LogP contribution < -0.4 is 16.4 Å². The van der Waals surface area contributed by atoms with Gasteiger partial charge in [-0.05, 0) is 61.4 Å². The summed E-state index contributed by atoms with van der Waals surface area (Å²) >= 11 is 0. The fourth-order valence-corrected chi connectivity index (χ4v) is 3.81. The van der Waals surface area contributed by atoms with Crippen molar-refractivity contribution in [2.75, 3.05) is 5.43 Å². The number of nitrogens with zero attached hydrogens (tertiary/aromatic N) is 2. The number of fused-ring (bicyclic) bond motifs is 2. The molecule has 6 heteroatoms. The summed E-state index contributed by atoms with van der Waals surface area (Å²) in [6, 6.07) is 13.5. The van der Waals surface area contributed by atoms with Crippen molar-refractivity contribution in [3.05, 3.63) is 69.5 Å². The van der Waals surface area contributed by atoms with Gasteiger partial charge in [-0.2, -0.15) is 0 Å². The minimum Gasteiger partial charge on any atom is -0.277 e. The van der Waals surface area contributed by atoms with E-state index in [1.54, 1.807) is 12.1 Å². The molecule has 1 amide bonds. The number of aromatic nitrogens is 2. The summed E-state index contributed by atoms with van der Waals surface area (Å²) < 4.78 is 1.52. The third-order valence-corrected chi connectivity index (χ3v) is 5.27. The van der Waals surface area contributed by atoms with Gasteiger partial charge in [0.1, 0.15) is 0 Å². The van der Waals surface area contributed by atoms with Gasteiger partial charge in [0.2, 0.25) is 11.9 Å². The molecular weight excluding hydrogens is 352 g/mol. The van der Waals surface area contributed by atoms with Crippen molar-refractivity contribution in [1.82, 2.24) is 15.0 Å². The number of carbonyl (C=O) groups excluding carboxylic acids is 1. The van der Waals surface area contributed by atoms with Gasteiger partial charge in [-0.25, -0.2) is 4.98 Å². The van der Waals surface area contributed by atoms with Gasteiger partial charge in [0.05, 0.1) is 17.3 Å². The predicted molar refractivity (Wildman–Crippen MR) is 110 cm³/mol. The average Bonchev–Trinajstić information content (AvgIpc) is 2.72. The van der Waals surface area contributed by atoms with Crippen molar-refractivity contribution in [3.8, 4) is 0 Å². The fraction of sp³-hybridized carbons (Fsp3) is 0.318. The van der Waals surface area contributed by atoms with Gasteiger partial charge < -0.3 is 0 Å². The number of benzene rings is 2. The topological polar surface area (TPSA) is 76.0 Å². The lowest BCUT2D eigenvalue weighted by molar-refractivity contribution is -0.119. The van der Waals surface area contributed by atoms with Crippen LogP contribution in [0, 0.1) is 0 Å². The largest absolute Gasteiger partial charge is 0.277 e. The number of para-hydroxylation sites is 1. The van der Waals surface area contributed by atoms with Gasteiger partial charge in [-0.15, -0.1) is 0 Å². The highest BCUT2D eigenvalue weighted by Gasteiger charge is 2.13. The molecular formula is C22H24N4O2. The van der Waals surface area contributed by atoms with E-state index in [2.05, 4.69) is 28.0 Å². The molecule has 3 aromatic rings. The number of nitrogens with one attached hydrogen (secondary N) is 2. The molecule has 0 unspecified atom stereocenters. The number of hydrogen-bond acceptors (Lipinski definition) is 4. The molecule has 0 saturated heterocycles. The molecule has 0 atom stereocenters. The van der Waals surface area contributed by atoms with Crippen LogP contribution in [0.15, 0.2) is 47.3 Å². The van der Waals surface area contributed by atoms with Crippen molar-refractivity contribution in [2.24, 2.45) is 0 Å². The molecule has 0 fully saturated rings. The predicted octanol–water partition coefficient (Wildman–Crippen LogP) is 2.98. The second kappa shape index (κ2) is 7.84. The quantitative estimate of drug-likeness (QED) is 0.671. The summed E-state index contributed by atoms with van der Waals surface area (Å²) in [7, 11) is 0. The highest BCUT2D eigenvalue weighted by molar-refractivity contribution is 5.81. The Morgan fingerprint density at radius 3 is 2.71 bits per heavy atom. The number of aryl methyl sites for hydroxylation is 2. The van der Waals surface area contributed by atoms with Gasteiger partial charge in [0.25, 0.3) is 5.56 Å². The van der Waals surface area contributed by atoms with Crippen LogP contribution in [0.25, 0.3) is 10.9 Å². The lowest BCUT2D eigenvalue weighted by Crippen LogP contribution is -2.35. The standard InChI is InChI=1S/C22H24N4O2/c1-2-26-21(28)18-9-5-6-10-19(18)23-22(26)25-24-20(27)14-15-11-12-16-7-3-4-8-17(16)13-15/h5-6,9-13H,2-4,7-8,14H2,1H3,(H,23,25)(H,24,27). The van der Waals surface area contributed by atoms with Crippen molar-refractivity contribution in [1.29, 1.82) is 0 Å². The molecule has 1 aliphatic rings. The molecule has 0 radical (unpaired) electrons. The van der Waals surface area contributed by atoms with E-state index in [0.29, 0.717) is 23.4 Å². The van der Waals surface area contributed by atoms with Crippen molar-refractivity contribution in [3.63, 3.8) is 0 Å². The van der Waals surface area contributed by atoms with Gasteiger partial charge in [-0.3, -0.25) is 25.0 Å². The monoisotopic (exact) mass is 376 g/mol. The van der Waals surface area contributed by atoms with Crippen LogP contribution in [-0.4, -0.2) is 15.5 Å². The van der Waals surface area contributed by atoms with Crippen LogP contribution in [0.4, 0.5) is 5.95 Å². The molecule has 0 spiro atoms. The Morgan fingerprint density at radius 2 is 1.89 bits per heavy atom. The third-order valence-electron chi connectivity index (χ3n) is 5.27. The van der Waals surface area contributed by atoms with Crippen molar-refractivity contribution < 1.29 is 4.79 Å². The Bertz CT molecular complexity index is 1090. The number of anilines is 1. The maximum atomic E-state index is 12.6. The minimum atomic E-state index is -0.166. The molecule has 1 aliphatic carbocycles. The van der Waals surface area contributed by atoms with Crippen LogP contribution in [0.3, 0.4) is 0 Å². The molecule has 1 aromatic heterocycles. The number of carbonyl (C=O) groups is 1. The first-order valence-electron chi connectivity index (χ1n) is 9.81. The zero-order valence-electron chi connectivity index (χ0n) is 16.0. The van der Waals surface area contributed by atoms with E-state index in [1.165, 1.54) is 28.5 Å². The second-order valence-corrected chi connectivity index (χ2v) is 7.16. The molecule has 0 saturated carbocycles. The fourth-order valence-electron chi connectivity index (χ4n) is 3.81. The van der Waals surface area contributed by atoms with E-state index in [1.807, 2.05) is 25.1 Å². The van der Waals surface area contributed by atoms with Crippen LogP contribution >= 0.6 is 0 Å². The Morgan fingerprint density at radius 1 is 1.11 bits per heavy atom. The van der Waals surface area contributed by atoms with E-state index in [-0.39, 0.29) is 17.9 Å². The number of amides is 1. The smallest absolute Gasteiger partial charge is 0.262 e. The second-order valence-electron chi connectivity index (χ2n) is 7.16. The van der Waals surface area contributed by atoms with Gasteiger partial charge in [0, 0.05) is 6.54 Å². The van der Waals surface area contributed by atoms with Gasteiger partial charge >= 0.3 is 0 Å². The Labute approximate surface area is 163 Å². The summed E-state index contributed by atoms with van der Waals surface area (Å²) in [6.45, 7) is 2.33. The maximum absolute atomic E-state index is 12.6. The summed E-state index contributed by atoms with van der Waals surface area (Å²) in [5.41, 5.74) is 9.75. The first-order valence-corrected chi connectivity index (χ1v) is 9.81. The molecule has 6 nitrogen and oxygen atoms in total. The molecule has 0 bridgehead atoms. The zero-order chi connectivity index (χ0) is 19.5. The van der Waals surface area contributed by atoms with E-state index in [4.69, 9.17) is 0 Å². The maximum Gasteiger partial charge on any atom is 0.262 e. The molecule has 144 valence electrons. The zero-order valence-corrected chi connectivity index (χ0v) is 16.0. The SMILES string of the molecule is CCn1c(NNC(=O)Cc2ccc3c(c2)CCCC3)nc2ccccc2c1=O. The first kappa shape index (κ1) is 18.2. The van der Waals surface area contributed by atoms with E-state index in [9.17, 15) is 9.59 Å². The third kappa shape index (κ3) is 3.63. The highest BCUT2D eigenvalue weighted by atomic mass is 16.2. The molecule has 2 N–H and O–H groups in total. The van der Waals surface area contributed by atoms with Crippen molar-refractivity contribution >= 4 is 22.8 Å². The van der Waals surface area contributed by atoms with Crippen LogP contribution in [-0.2, 0) is 30.6 Å². The van der Waals surface area contributed by atoms with Gasteiger partial charge in [-0.1, -0.05) is 30.3 Å². The van der Waals surface area contributed by atoms with Crippen LogP contribution in [0.5, 0.6) is 0 Å². The molecule has 4 rings (SSSR count). The molecule has 2 aromatic carbocycles. The van der Waals surface area contributed by atoms with E-state index >= 15 is 0 Å². The number of hydrazine groups is 1. The summed E-state index contributed by atoms with van der Waals surface area (Å²) in [5, 5.41) is 0.565. The lowest BCUT2D eigenvalue weighted by atomic mass is 9.90. The Kier molecular flexibility index (Phi) is 5.10. The van der Waals surface area contributed by atoms with Gasteiger partial charge in [0.15, 0.2) is 0 Å². The summed E-state index contributed by atoms with van der Waals surface area (Å²) in [5.74, 6) is 0.172. The molecule has 28 heavy (non-hydrogen) atoms. The highest BCUT2D eigenvalue weighted by Crippen LogP contribution is 2.22. The Balaban J connectivity index is 1.48. The molecule has 1 heterocycles. The minimum absolute atomic E-state index is 0.125. The number of rotatable bonds is 5.